The predicted octanol–water partition coefficient (Wildman–Crippen LogP) is 0.686. The van der Waals surface area contributed by atoms with E-state index in [1.165, 1.54) is 0 Å². The second kappa shape index (κ2) is 6.47. The number of likely N-dealkylation sites (N-methyl/N-ethyl adjacent to an activating group) is 1. The fraction of sp³-hybridized carbons (Fsp3) is 0.615. The number of aromatic nitrogens is 2. The maximum absolute atomic E-state index is 12.2. The standard InChI is InChI=1S/C13H21N5O/c1-3-14-12-10-15-11(9-16-12)13(19)18-7-5-17(4-2)6-8-18/h9-10H,3-8H2,1-2H3,(H,14,16). The van der Waals surface area contributed by atoms with Crippen LogP contribution in [0, 0.1) is 0 Å². The lowest BCUT2D eigenvalue weighted by molar-refractivity contribution is 0.0637. The molecular formula is C13H21N5O. The van der Waals surface area contributed by atoms with Crippen molar-refractivity contribution in [3.8, 4) is 0 Å². The highest BCUT2D eigenvalue weighted by Gasteiger charge is 2.22. The largest absolute Gasteiger partial charge is 0.369 e. The maximum Gasteiger partial charge on any atom is 0.274 e. The molecule has 1 fully saturated rings. The molecule has 1 aliphatic heterocycles. The molecule has 1 aliphatic rings. The van der Waals surface area contributed by atoms with Gasteiger partial charge in [-0.1, -0.05) is 6.92 Å². The molecule has 1 saturated heterocycles. The number of nitrogens with one attached hydrogen (secondary N) is 1. The molecule has 0 spiro atoms. The van der Waals surface area contributed by atoms with Crippen molar-refractivity contribution >= 4 is 11.7 Å². The lowest BCUT2D eigenvalue weighted by Gasteiger charge is -2.33. The van der Waals surface area contributed by atoms with E-state index in [1.54, 1.807) is 12.4 Å². The minimum Gasteiger partial charge on any atom is -0.369 e. The van der Waals surface area contributed by atoms with Crippen molar-refractivity contribution in [3.05, 3.63) is 18.1 Å². The Bertz CT molecular complexity index is 412. The van der Waals surface area contributed by atoms with Gasteiger partial charge in [-0.25, -0.2) is 9.97 Å². The number of anilines is 1. The number of rotatable bonds is 4. The first-order valence-electron chi connectivity index (χ1n) is 6.82. The zero-order chi connectivity index (χ0) is 13.7. The summed E-state index contributed by atoms with van der Waals surface area (Å²) in [4.78, 5) is 24.8. The fourth-order valence-electron chi connectivity index (χ4n) is 2.14. The van der Waals surface area contributed by atoms with Gasteiger partial charge >= 0.3 is 0 Å². The first-order valence-corrected chi connectivity index (χ1v) is 6.82. The molecule has 0 bridgehead atoms. The van der Waals surface area contributed by atoms with Gasteiger partial charge in [0, 0.05) is 32.7 Å². The van der Waals surface area contributed by atoms with Crippen molar-refractivity contribution in [3.63, 3.8) is 0 Å². The first-order chi connectivity index (χ1) is 9.24. The zero-order valence-electron chi connectivity index (χ0n) is 11.6. The first kappa shape index (κ1) is 13.7. The van der Waals surface area contributed by atoms with E-state index in [9.17, 15) is 4.79 Å². The SMILES string of the molecule is CCNc1cnc(C(=O)N2CCN(CC)CC2)cn1. The number of carbonyl (C=O) groups is 1. The van der Waals surface area contributed by atoms with Crippen LogP contribution in [0.1, 0.15) is 24.3 Å². The summed E-state index contributed by atoms with van der Waals surface area (Å²) in [6.07, 6.45) is 3.16. The highest BCUT2D eigenvalue weighted by Crippen LogP contribution is 2.07. The smallest absolute Gasteiger partial charge is 0.274 e. The molecule has 0 atom stereocenters. The molecule has 1 N–H and O–H groups in total. The Balaban J connectivity index is 1.96. The summed E-state index contributed by atoms with van der Waals surface area (Å²) >= 11 is 0. The van der Waals surface area contributed by atoms with Crippen molar-refractivity contribution in [2.45, 2.75) is 13.8 Å². The van der Waals surface area contributed by atoms with Gasteiger partial charge in [0.05, 0.1) is 12.4 Å². The molecule has 0 aliphatic carbocycles. The van der Waals surface area contributed by atoms with Crippen LogP contribution in [0.2, 0.25) is 0 Å². The summed E-state index contributed by atoms with van der Waals surface area (Å²) < 4.78 is 0. The minimum absolute atomic E-state index is 0.0219. The monoisotopic (exact) mass is 263 g/mol. The molecule has 0 unspecified atom stereocenters. The van der Waals surface area contributed by atoms with Crippen molar-refractivity contribution in [2.75, 3.05) is 44.6 Å². The summed E-state index contributed by atoms with van der Waals surface area (Å²) in [7, 11) is 0. The fourth-order valence-corrected chi connectivity index (χ4v) is 2.14. The lowest BCUT2D eigenvalue weighted by atomic mass is 10.3. The molecule has 1 aromatic rings. The molecule has 0 radical (unpaired) electrons. The van der Waals surface area contributed by atoms with E-state index in [2.05, 4.69) is 27.1 Å². The molecule has 1 aromatic heterocycles. The van der Waals surface area contributed by atoms with Gasteiger partial charge in [-0.2, -0.15) is 0 Å². The summed E-state index contributed by atoms with van der Waals surface area (Å²) in [5.74, 6) is 0.682. The van der Waals surface area contributed by atoms with E-state index in [4.69, 9.17) is 0 Å². The Morgan fingerprint density at radius 1 is 1.21 bits per heavy atom. The number of carbonyl (C=O) groups excluding carboxylic acids is 1. The Morgan fingerprint density at radius 2 is 1.95 bits per heavy atom. The van der Waals surface area contributed by atoms with Crippen molar-refractivity contribution in [1.82, 2.24) is 19.8 Å². The second-order valence-electron chi connectivity index (χ2n) is 4.54. The van der Waals surface area contributed by atoms with Gasteiger partial charge in [0.15, 0.2) is 0 Å². The Labute approximate surface area is 113 Å². The minimum atomic E-state index is -0.0219. The number of nitrogens with zero attached hydrogens (tertiary/aromatic N) is 4. The Morgan fingerprint density at radius 3 is 2.47 bits per heavy atom. The van der Waals surface area contributed by atoms with E-state index in [1.807, 2.05) is 11.8 Å². The van der Waals surface area contributed by atoms with E-state index in [0.717, 1.165) is 39.3 Å². The highest BCUT2D eigenvalue weighted by molar-refractivity contribution is 5.92. The van der Waals surface area contributed by atoms with Crippen LogP contribution in [0.3, 0.4) is 0 Å². The second-order valence-corrected chi connectivity index (χ2v) is 4.54. The van der Waals surface area contributed by atoms with Crippen molar-refractivity contribution in [2.24, 2.45) is 0 Å². The third-order valence-corrected chi connectivity index (χ3v) is 3.34. The summed E-state index contributed by atoms with van der Waals surface area (Å²) in [5.41, 5.74) is 0.423. The van der Waals surface area contributed by atoms with Crippen molar-refractivity contribution < 1.29 is 4.79 Å². The van der Waals surface area contributed by atoms with Gasteiger partial charge in [-0.3, -0.25) is 4.79 Å². The molecule has 0 saturated carbocycles. The van der Waals surface area contributed by atoms with Crippen LogP contribution in [0.5, 0.6) is 0 Å². The van der Waals surface area contributed by atoms with Gasteiger partial charge in [-0.05, 0) is 13.5 Å². The van der Waals surface area contributed by atoms with Gasteiger partial charge in [0.1, 0.15) is 11.5 Å². The Kier molecular flexibility index (Phi) is 4.68. The summed E-state index contributed by atoms with van der Waals surface area (Å²) in [6, 6.07) is 0. The Hall–Kier alpha value is -1.69. The van der Waals surface area contributed by atoms with E-state index in [0.29, 0.717) is 11.5 Å². The predicted molar refractivity (Wildman–Crippen MR) is 74.2 cm³/mol. The van der Waals surface area contributed by atoms with E-state index < -0.39 is 0 Å². The van der Waals surface area contributed by atoms with Crippen LogP contribution < -0.4 is 5.32 Å². The van der Waals surface area contributed by atoms with Crippen LogP contribution in [0.4, 0.5) is 5.82 Å². The van der Waals surface area contributed by atoms with Gasteiger partial charge in [0.25, 0.3) is 5.91 Å². The lowest BCUT2D eigenvalue weighted by Crippen LogP contribution is -2.48. The molecule has 104 valence electrons. The summed E-state index contributed by atoms with van der Waals surface area (Å²) in [6.45, 7) is 9.37. The average molecular weight is 263 g/mol. The van der Waals surface area contributed by atoms with Crippen LogP contribution in [-0.4, -0.2) is 64.9 Å². The molecule has 2 rings (SSSR count). The number of hydrogen-bond acceptors (Lipinski definition) is 5. The number of piperazine rings is 1. The highest BCUT2D eigenvalue weighted by atomic mass is 16.2. The molecule has 19 heavy (non-hydrogen) atoms. The van der Waals surface area contributed by atoms with Crippen molar-refractivity contribution in [1.29, 1.82) is 0 Å². The average Bonchev–Trinajstić information content (AvgIpc) is 2.48. The molecule has 6 nitrogen and oxygen atoms in total. The molecule has 2 heterocycles. The third kappa shape index (κ3) is 3.41. The molecule has 6 heteroatoms. The normalized spacial score (nSPS) is 16.4. The zero-order valence-corrected chi connectivity index (χ0v) is 11.6. The van der Waals surface area contributed by atoms with Crippen LogP contribution >= 0.6 is 0 Å². The van der Waals surface area contributed by atoms with Gasteiger partial charge in [-0.15, -0.1) is 0 Å². The quantitative estimate of drug-likeness (QED) is 0.866. The molecule has 0 aromatic carbocycles. The van der Waals surface area contributed by atoms with Crippen LogP contribution in [0.15, 0.2) is 12.4 Å². The topological polar surface area (TPSA) is 61.4 Å². The molecular weight excluding hydrogens is 242 g/mol. The van der Waals surface area contributed by atoms with Gasteiger partial charge in [0.2, 0.25) is 0 Å². The van der Waals surface area contributed by atoms with E-state index in [-0.39, 0.29) is 5.91 Å². The van der Waals surface area contributed by atoms with Crippen LogP contribution in [-0.2, 0) is 0 Å². The molecule has 1 amide bonds. The summed E-state index contributed by atoms with van der Waals surface area (Å²) in [5, 5.41) is 3.06. The van der Waals surface area contributed by atoms with Gasteiger partial charge < -0.3 is 15.1 Å². The number of amides is 1. The third-order valence-electron chi connectivity index (χ3n) is 3.34. The number of hydrogen-bond donors (Lipinski definition) is 1. The maximum atomic E-state index is 12.2. The van der Waals surface area contributed by atoms with E-state index >= 15 is 0 Å². The van der Waals surface area contributed by atoms with Crippen LogP contribution in [0.25, 0.3) is 0 Å².